The maximum absolute atomic E-state index is 12.6. The highest BCUT2D eigenvalue weighted by atomic mass is 16.5. The van der Waals surface area contributed by atoms with Crippen LogP contribution < -0.4 is 15.4 Å². The van der Waals surface area contributed by atoms with Crippen molar-refractivity contribution in [2.24, 2.45) is 5.92 Å². The van der Waals surface area contributed by atoms with Crippen LogP contribution in [0.2, 0.25) is 0 Å². The molecule has 1 fully saturated rings. The number of carbonyl (C=O) groups is 2. The Hall–Kier alpha value is -3.64. The number of piperidine rings is 1. The molecule has 3 aromatic rings. The normalized spacial score (nSPS) is 14.4. The van der Waals surface area contributed by atoms with Crippen molar-refractivity contribution in [2.45, 2.75) is 19.3 Å². The van der Waals surface area contributed by atoms with Gasteiger partial charge >= 0.3 is 0 Å². The lowest BCUT2D eigenvalue weighted by Gasteiger charge is -2.31. The highest BCUT2D eigenvalue weighted by Gasteiger charge is 2.25. The molecule has 170 valence electrons. The van der Waals surface area contributed by atoms with Crippen molar-refractivity contribution in [1.82, 2.24) is 4.90 Å². The minimum atomic E-state index is -0.0527. The predicted octanol–water partition coefficient (Wildman–Crippen LogP) is 5.16. The van der Waals surface area contributed by atoms with E-state index >= 15 is 0 Å². The quantitative estimate of drug-likeness (QED) is 0.505. The van der Waals surface area contributed by atoms with E-state index < -0.39 is 0 Å². The van der Waals surface area contributed by atoms with E-state index in [1.807, 2.05) is 84.9 Å². The van der Waals surface area contributed by atoms with Gasteiger partial charge in [0.05, 0.1) is 5.69 Å². The molecule has 0 saturated carbocycles. The van der Waals surface area contributed by atoms with E-state index in [0.717, 1.165) is 37.4 Å². The van der Waals surface area contributed by atoms with E-state index in [2.05, 4.69) is 15.5 Å². The second-order valence-electron chi connectivity index (χ2n) is 8.18. The number of likely N-dealkylation sites (tertiary alicyclic amines) is 1. The van der Waals surface area contributed by atoms with Gasteiger partial charge in [-0.2, -0.15) is 0 Å². The van der Waals surface area contributed by atoms with Crippen LogP contribution in [0.15, 0.2) is 84.9 Å². The highest BCUT2D eigenvalue weighted by molar-refractivity contribution is 5.93. The topological polar surface area (TPSA) is 70.7 Å². The van der Waals surface area contributed by atoms with Gasteiger partial charge in [-0.05, 0) is 62.3 Å². The molecule has 0 spiro atoms. The van der Waals surface area contributed by atoms with Gasteiger partial charge in [-0.1, -0.05) is 48.5 Å². The van der Waals surface area contributed by atoms with E-state index in [1.54, 1.807) is 0 Å². The first-order valence-electron chi connectivity index (χ1n) is 11.4. The van der Waals surface area contributed by atoms with Crippen molar-refractivity contribution in [3.05, 3.63) is 84.9 Å². The van der Waals surface area contributed by atoms with Crippen molar-refractivity contribution in [3.8, 4) is 11.5 Å². The lowest BCUT2D eigenvalue weighted by molar-refractivity contribution is -0.121. The molecule has 3 aromatic carbocycles. The van der Waals surface area contributed by atoms with Gasteiger partial charge < -0.3 is 20.3 Å². The average molecular weight is 444 g/mol. The molecule has 0 atom stereocenters. The third-order valence-corrected chi connectivity index (χ3v) is 5.79. The van der Waals surface area contributed by atoms with Gasteiger partial charge in [-0.3, -0.25) is 9.59 Å². The first-order valence-corrected chi connectivity index (χ1v) is 11.4. The minimum absolute atomic E-state index is 0.0114. The Morgan fingerprint density at radius 1 is 0.818 bits per heavy atom. The van der Waals surface area contributed by atoms with Crippen LogP contribution in [0.3, 0.4) is 0 Å². The van der Waals surface area contributed by atoms with Crippen molar-refractivity contribution in [3.63, 3.8) is 0 Å². The third kappa shape index (κ3) is 6.67. The van der Waals surface area contributed by atoms with Crippen LogP contribution in [-0.2, 0) is 9.59 Å². The van der Waals surface area contributed by atoms with Gasteiger partial charge in [0.25, 0.3) is 0 Å². The van der Waals surface area contributed by atoms with E-state index in [1.165, 1.54) is 0 Å². The molecule has 1 aliphatic heterocycles. The van der Waals surface area contributed by atoms with Crippen molar-refractivity contribution < 1.29 is 14.3 Å². The second-order valence-corrected chi connectivity index (χ2v) is 8.18. The molecule has 1 saturated heterocycles. The molecular weight excluding hydrogens is 414 g/mol. The lowest BCUT2D eigenvalue weighted by Crippen LogP contribution is -2.39. The summed E-state index contributed by atoms with van der Waals surface area (Å²) < 4.78 is 5.92. The summed E-state index contributed by atoms with van der Waals surface area (Å²) in [5.41, 5.74) is 1.49. The predicted molar refractivity (Wildman–Crippen MR) is 130 cm³/mol. The molecule has 2 N–H and O–H groups in total. The third-order valence-electron chi connectivity index (χ3n) is 5.79. The number of nitrogens with zero attached hydrogens (tertiary/aromatic N) is 1. The summed E-state index contributed by atoms with van der Waals surface area (Å²) in [6.45, 7) is 2.29. The van der Waals surface area contributed by atoms with E-state index in [4.69, 9.17) is 4.74 Å². The van der Waals surface area contributed by atoms with E-state index in [9.17, 15) is 9.59 Å². The molecule has 2 amide bonds. The van der Waals surface area contributed by atoms with Crippen molar-refractivity contribution in [2.75, 3.05) is 30.3 Å². The summed E-state index contributed by atoms with van der Waals surface area (Å²) in [5, 5.41) is 5.96. The summed E-state index contributed by atoms with van der Waals surface area (Å²) in [5.74, 6) is 1.37. The molecule has 6 heteroatoms. The van der Waals surface area contributed by atoms with Gasteiger partial charge in [0, 0.05) is 24.6 Å². The summed E-state index contributed by atoms with van der Waals surface area (Å²) in [4.78, 5) is 27.3. The summed E-state index contributed by atoms with van der Waals surface area (Å²) in [7, 11) is 0. The van der Waals surface area contributed by atoms with Crippen LogP contribution in [0.25, 0.3) is 0 Å². The molecule has 1 aliphatic rings. The highest BCUT2D eigenvalue weighted by Crippen LogP contribution is 2.29. The molecule has 0 unspecified atom stereocenters. The molecule has 1 heterocycles. The Morgan fingerprint density at radius 3 is 2.18 bits per heavy atom. The standard InChI is InChI=1S/C27H29N3O3/c31-26(29-24-13-7-8-14-25(24)33-23-11-5-2-6-12-23)17-20-30-18-15-21(16-19-30)27(32)28-22-9-3-1-4-10-22/h1-14,21H,15-20H2,(H,28,32)(H,29,31). The van der Waals surface area contributed by atoms with Crippen LogP contribution in [0, 0.1) is 5.92 Å². The van der Waals surface area contributed by atoms with E-state index in [-0.39, 0.29) is 17.7 Å². The number of carbonyl (C=O) groups excluding carboxylic acids is 2. The molecule has 0 radical (unpaired) electrons. The first kappa shape index (κ1) is 22.6. The van der Waals surface area contributed by atoms with Crippen molar-refractivity contribution >= 4 is 23.2 Å². The fraction of sp³-hybridized carbons (Fsp3) is 0.259. The van der Waals surface area contributed by atoms with Crippen LogP contribution >= 0.6 is 0 Å². The number of nitrogens with one attached hydrogen (secondary N) is 2. The monoisotopic (exact) mass is 443 g/mol. The Balaban J connectivity index is 1.22. The number of anilines is 2. The molecule has 0 aromatic heterocycles. The van der Waals surface area contributed by atoms with Crippen LogP contribution in [-0.4, -0.2) is 36.3 Å². The van der Waals surface area contributed by atoms with Crippen LogP contribution in [0.4, 0.5) is 11.4 Å². The van der Waals surface area contributed by atoms with Gasteiger partial charge in [-0.15, -0.1) is 0 Å². The zero-order valence-electron chi connectivity index (χ0n) is 18.6. The average Bonchev–Trinajstić information content (AvgIpc) is 2.85. The first-order chi connectivity index (χ1) is 16.2. The molecule has 0 bridgehead atoms. The largest absolute Gasteiger partial charge is 0.455 e. The zero-order valence-corrected chi connectivity index (χ0v) is 18.6. The number of rotatable bonds is 8. The Kier molecular flexibility index (Phi) is 7.72. The number of amides is 2. The number of ether oxygens (including phenoxy) is 1. The SMILES string of the molecule is O=C(CCN1CCC(C(=O)Nc2ccccc2)CC1)Nc1ccccc1Oc1ccccc1. The lowest BCUT2D eigenvalue weighted by atomic mass is 9.95. The maximum atomic E-state index is 12.6. The van der Waals surface area contributed by atoms with Gasteiger partial charge in [0.15, 0.2) is 5.75 Å². The second kappa shape index (κ2) is 11.3. The molecular formula is C27H29N3O3. The Labute approximate surface area is 194 Å². The van der Waals surface area contributed by atoms with Crippen LogP contribution in [0.5, 0.6) is 11.5 Å². The van der Waals surface area contributed by atoms with E-state index in [0.29, 0.717) is 24.4 Å². The Morgan fingerprint density at radius 2 is 1.45 bits per heavy atom. The zero-order chi connectivity index (χ0) is 22.9. The van der Waals surface area contributed by atoms with Crippen molar-refractivity contribution in [1.29, 1.82) is 0 Å². The van der Waals surface area contributed by atoms with Gasteiger partial charge in [-0.25, -0.2) is 0 Å². The minimum Gasteiger partial charge on any atom is -0.455 e. The van der Waals surface area contributed by atoms with Gasteiger partial charge in [0.2, 0.25) is 11.8 Å². The smallest absolute Gasteiger partial charge is 0.227 e. The molecule has 4 rings (SSSR count). The fourth-order valence-corrected chi connectivity index (χ4v) is 3.93. The summed E-state index contributed by atoms with van der Waals surface area (Å²) in [6, 6.07) is 26.5. The molecule has 6 nitrogen and oxygen atoms in total. The summed E-state index contributed by atoms with van der Waals surface area (Å²) >= 11 is 0. The maximum Gasteiger partial charge on any atom is 0.227 e. The molecule has 0 aliphatic carbocycles. The number of para-hydroxylation sites is 4. The number of benzene rings is 3. The van der Waals surface area contributed by atoms with Gasteiger partial charge in [0.1, 0.15) is 5.75 Å². The van der Waals surface area contributed by atoms with Crippen LogP contribution in [0.1, 0.15) is 19.3 Å². The number of hydrogen-bond donors (Lipinski definition) is 2. The number of hydrogen-bond acceptors (Lipinski definition) is 4. The Bertz CT molecular complexity index is 1050. The summed E-state index contributed by atoms with van der Waals surface area (Å²) in [6.07, 6.45) is 1.99. The fourth-order valence-electron chi connectivity index (χ4n) is 3.93. The molecule has 33 heavy (non-hydrogen) atoms.